The molecule has 1 amide bonds. The van der Waals surface area contributed by atoms with E-state index < -0.39 is 0 Å². The maximum absolute atomic E-state index is 12.3. The second-order valence-corrected chi connectivity index (χ2v) is 5.76. The molecule has 1 fully saturated rings. The van der Waals surface area contributed by atoms with Crippen molar-refractivity contribution in [2.45, 2.75) is 26.7 Å². The van der Waals surface area contributed by atoms with E-state index in [1.165, 1.54) is 13.5 Å². The van der Waals surface area contributed by atoms with Crippen LogP contribution in [0.4, 0.5) is 5.82 Å². The third kappa shape index (κ3) is 2.14. The predicted octanol–water partition coefficient (Wildman–Crippen LogP) is 2.22. The number of hydrogen-bond acceptors (Lipinski definition) is 2. The second-order valence-electron chi connectivity index (χ2n) is 4.64. The molecule has 0 aliphatic heterocycles. The Bertz CT molecular complexity index is 486. The van der Waals surface area contributed by atoms with Crippen molar-refractivity contribution in [3.05, 3.63) is 11.8 Å². The predicted molar refractivity (Wildman–Crippen MR) is 71.8 cm³/mol. The van der Waals surface area contributed by atoms with Gasteiger partial charge < -0.3 is 5.32 Å². The quantitative estimate of drug-likeness (QED) is 0.837. The van der Waals surface area contributed by atoms with Crippen LogP contribution in [-0.4, -0.2) is 27.6 Å². The molecule has 0 saturated heterocycles. The van der Waals surface area contributed by atoms with Crippen LogP contribution in [0.2, 0.25) is 0 Å². The average Bonchev–Trinajstić information content (AvgIpc) is 3.02. The zero-order valence-electron chi connectivity index (χ0n) is 10.7. The number of aromatic nitrogens is 2. The number of carbonyl (C=O) groups is 1. The summed E-state index contributed by atoms with van der Waals surface area (Å²) in [4.78, 5) is 12.3. The first-order valence-corrected chi connectivity index (χ1v) is 7.10. The third-order valence-corrected chi connectivity index (χ3v) is 4.56. The number of anilines is 1. The number of aryl methyl sites for hydroxylation is 2. The van der Waals surface area contributed by atoms with Crippen molar-refractivity contribution in [3.63, 3.8) is 0 Å². The molecule has 92 valence electrons. The lowest BCUT2D eigenvalue weighted by Crippen LogP contribution is -2.30. The number of rotatable bonds is 3. The zero-order valence-corrected chi connectivity index (χ0v) is 11.6. The molecule has 1 aliphatic rings. The molecule has 0 spiro atoms. The molecule has 1 saturated carbocycles. The van der Waals surface area contributed by atoms with Crippen molar-refractivity contribution < 1.29 is 4.79 Å². The van der Waals surface area contributed by atoms with E-state index in [9.17, 15) is 4.79 Å². The Morgan fingerprint density at radius 3 is 2.65 bits per heavy atom. The number of hydrogen-bond donors (Lipinski definition) is 1. The summed E-state index contributed by atoms with van der Waals surface area (Å²) in [6, 6.07) is 1.90. The van der Waals surface area contributed by atoms with Crippen LogP contribution >= 0.6 is 8.20 Å². The van der Waals surface area contributed by atoms with Gasteiger partial charge in [0.1, 0.15) is 5.82 Å². The number of nitrogens with one attached hydrogen (secondary N) is 1. The average molecular weight is 251 g/mol. The van der Waals surface area contributed by atoms with E-state index in [0.29, 0.717) is 0 Å². The number of amides is 1. The first-order valence-electron chi connectivity index (χ1n) is 5.75. The minimum Gasteiger partial charge on any atom is -0.310 e. The van der Waals surface area contributed by atoms with E-state index in [4.69, 9.17) is 0 Å². The Hall–Kier alpha value is -1.15. The highest BCUT2D eigenvalue weighted by atomic mass is 31.1. The molecule has 1 aromatic heterocycles. The monoisotopic (exact) mass is 251 g/mol. The van der Waals surface area contributed by atoms with Crippen LogP contribution in [-0.2, 0) is 11.8 Å². The molecule has 2 rings (SSSR count). The van der Waals surface area contributed by atoms with Crippen LogP contribution in [0.25, 0.3) is 0 Å². The molecule has 1 aromatic rings. The molecule has 5 heteroatoms. The molecular formula is C12H18N3OP. The molecule has 1 N–H and O–H groups in total. The molecule has 1 aliphatic carbocycles. The van der Waals surface area contributed by atoms with Crippen LogP contribution < -0.4 is 5.32 Å². The SMILES string of the molecule is CP=C(C)C1(C(=O)Nc2cc(C)nn2C)CC1. The molecule has 17 heavy (non-hydrogen) atoms. The van der Waals surface area contributed by atoms with Gasteiger partial charge in [-0.15, -0.1) is 8.20 Å². The first-order chi connectivity index (χ1) is 7.99. The van der Waals surface area contributed by atoms with E-state index in [-0.39, 0.29) is 11.3 Å². The van der Waals surface area contributed by atoms with Gasteiger partial charge >= 0.3 is 0 Å². The topological polar surface area (TPSA) is 46.9 Å². The molecule has 0 bridgehead atoms. The summed E-state index contributed by atoms with van der Waals surface area (Å²) >= 11 is 0. The highest BCUT2D eigenvalue weighted by molar-refractivity contribution is 7.40. The highest BCUT2D eigenvalue weighted by Gasteiger charge is 2.51. The standard InChI is InChI=1S/C12H18N3OP/c1-8-7-10(15(3)14-8)13-11(16)12(5-6-12)9(2)17-4/h7H,5-6H2,1-4H3,(H,13,16). The van der Waals surface area contributed by atoms with Gasteiger partial charge in [-0.2, -0.15) is 5.10 Å². The van der Waals surface area contributed by atoms with Gasteiger partial charge in [-0.05, 0) is 38.6 Å². The summed E-state index contributed by atoms with van der Waals surface area (Å²) < 4.78 is 1.71. The van der Waals surface area contributed by atoms with Gasteiger partial charge in [0.05, 0.1) is 11.1 Å². The van der Waals surface area contributed by atoms with E-state index in [1.807, 2.05) is 20.0 Å². The summed E-state index contributed by atoms with van der Waals surface area (Å²) in [7, 11) is 3.05. The summed E-state index contributed by atoms with van der Waals surface area (Å²) in [5, 5.41) is 8.47. The van der Waals surface area contributed by atoms with E-state index in [1.54, 1.807) is 4.68 Å². The summed E-state index contributed by atoms with van der Waals surface area (Å²) in [6.45, 7) is 6.07. The first kappa shape index (κ1) is 12.3. The largest absolute Gasteiger partial charge is 0.310 e. The minimum absolute atomic E-state index is 0.118. The lowest BCUT2D eigenvalue weighted by Gasteiger charge is -2.15. The van der Waals surface area contributed by atoms with Gasteiger partial charge in [0.25, 0.3) is 0 Å². The van der Waals surface area contributed by atoms with Gasteiger partial charge in [0.15, 0.2) is 0 Å². The van der Waals surface area contributed by atoms with Crippen LogP contribution in [0, 0.1) is 12.3 Å². The minimum atomic E-state index is -0.214. The fourth-order valence-electron chi connectivity index (χ4n) is 2.06. The Kier molecular flexibility index (Phi) is 3.09. The molecule has 0 radical (unpaired) electrons. The second kappa shape index (κ2) is 4.26. The summed E-state index contributed by atoms with van der Waals surface area (Å²) in [5.41, 5.74) is 0.705. The molecule has 0 atom stereocenters. The Balaban J connectivity index is 2.15. The smallest absolute Gasteiger partial charge is 0.236 e. The third-order valence-electron chi connectivity index (χ3n) is 3.46. The Labute approximate surface area is 103 Å². The molecule has 0 unspecified atom stereocenters. The lowest BCUT2D eigenvalue weighted by atomic mass is 10.0. The van der Waals surface area contributed by atoms with Crippen LogP contribution in [0.5, 0.6) is 0 Å². The van der Waals surface area contributed by atoms with Crippen LogP contribution in [0.1, 0.15) is 25.5 Å². The van der Waals surface area contributed by atoms with Crippen LogP contribution in [0.3, 0.4) is 0 Å². The van der Waals surface area contributed by atoms with Gasteiger partial charge in [0, 0.05) is 13.1 Å². The molecule has 1 heterocycles. The summed E-state index contributed by atoms with van der Waals surface area (Å²) in [5.74, 6) is 0.895. The number of nitrogens with zero attached hydrogens (tertiary/aromatic N) is 2. The summed E-state index contributed by atoms with van der Waals surface area (Å²) in [6.07, 6.45) is 1.95. The lowest BCUT2D eigenvalue weighted by molar-refractivity contribution is -0.118. The molecular weight excluding hydrogens is 233 g/mol. The molecule has 0 aromatic carbocycles. The van der Waals surface area contributed by atoms with E-state index in [2.05, 4.69) is 24.0 Å². The van der Waals surface area contributed by atoms with Crippen molar-refractivity contribution in [2.24, 2.45) is 12.5 Å². The van der Waals surface area contributed by atoms with Crippen LogP contribution in [0.15, 0.2) is 6.07 Å². The van der Waals surface area contributed by atoms with Gasteiger partial charge in [-0.3, -0.25) is 9.48 Å². The Morgan fingerprint density at radius 1 is 1.59 bits per heavy atom. The van der Waals surface area contributed by atoms with Crippen molar-refractivity contribution in [3.8, 4) is 0 Å². The molecule has 4 nitrogen and oxygen atoms in total. The highest BCUT2D eigenvalue weighted by Crippen LogP contribution is 2.49. The maximum Gasteiger partial charge on any atom is 0.236 e. The fourth-order valence-corrected chi connectivity index (χ4v) is 2.81. The van der Waals surface area contributed by atoms with Gasteiger partial charge in [-0.25, -0.2) is 0 Å². The van der Waals surface area contributed by atoms with E-state index in [0.717, 1.165) is 24.4 Å². The fraction of sp³-hybridized carbons (Fsp3) is 0.583. The Morgan fingerprint density at radius 2 is 2.24 bits per heavy atom. The number of carbonyl (C=O) groups excluding carboxylic acids is 1. The van der Waals surface area contributed by atoms with Gasteiger partial charge in [-0.1, -0.05) is 0 Å². The maximum atomic E-state index is 12.3. The van der Waals surface area contributed by atoms with Crippen molar-refractivity contribution >= 4 is 25.2 Å². The zero-order chi connectivity index (χ0) is 12.6. The van der Waals surface area contributed by atoms with Crippen molar-refractivity contribution in [1.82, 2.24) is 9.78 Å². The van der Waals surface area contributed by atoms with Crippen molar-refractivity contribution in [1.29, 1.82) is 0 Å². The normalized spacial score (nSPS) is 18.0. The van der Waals surface area contributed by atoms with E-state index >= 15 is 0 Å². The van der Waals surface area contributed by atoms with Crippen molar-refractivity contribution in [2.75, 3.05) is 12.0 Å². The van der Waals surface area contributed by atoms with Gasteiger partial charge in [0.2, 0.25) is 5.91 Å².